The second-order valence-electron chi connectivity index (χ2n) is 8.59. The van der Waals surface area contributed by atoms with Crippen LogP contribution in [-0.4, -0.2) is 60.3 Å². The third kappa shape index (κ3) is 5.43. The summed E-state index contributed by atoms with van der Waals surface area (Å²) in [6.07, 6.45) is 0.309. The summed E-state index contributed by atoms with van der Waals surface area (Å²) in [6.45, 7) is 0.911. The van der Waals surface area contributed by atoms with E-state index in [0.29, 0.717) is 11.8 Å². The van der Waals surface area contributed by atoms with Crippen LogP contribution in [0.2, 0.25) is 0 Å². The Labute approximate surface area is 211 Å². The lowest BCUT2D eigenvalue weighted by Gasteiger charge is -2.17. The molecular weight excluding hydrogens is 509 g/mol. The van der Waals surface area contributed by atoms with Gasteiger partial charge in [0.1, 0.15) is 12.6 Å². The molecular formula is C24H23F3N6O3S. The number of rotatable bonds is 6. The van der Waals surface area contributed by atoms with Gasteiger partial charge in [0.25, 0.3) is 10.0 Å². The van der Waals surface area contributed by atoms with Gasteiger partial charge in [-0.15, -0.1) is 0 Å². The van der Waals surface area contributed by atoms with E-state index in [1.807, 2.05) is 18.3 Å². The van der Waals surface area contributed by atoms with E-state index in [1.165, 1.54) is 35.5 Å². The fraction of sp³-hybridized carbons (Fsp3) is 0.333. The van der Waals surface area contributed by atoms with Crippen LogP contribution in [0.4, 0.5) is 23.7 Å². The van der Waals surface area contributed by atoms with Crippen LogP contribution in [0, 0.1) is 23.2 Å². The minimum atomic E-state index is -4.51. The first-order valence-electron chi connectivity index (χ1n) is 11.4. The van der Waals surface area contributed by atoms with Gasteiger partial charge in [-0.3, -0.25) is 4.99 Å². The molecule has 0 radical (unpaired) electrons. The molecule has 3 aromatic rings. The van der Waals surface area contributed by atoms with Gasteiger partial charge in [-0.25, -0.2) is 22.2 Å². The van der Waals surface area contributed by atoms with E-state index in [4.69, 9.17) is 0 Å². The molecule has 0 spiro atoms. The van der Waals surface area contributed by atoms with Gasteiger partial charge in [0.2, 0.25) is 0 Å². The third-order valence-corrected chi connectivity index (χ3v) is 7.89. The normalized spacial score (nSPS) is 18.4. The molecule has 4 rings (SSSR count). The molecule has 1 N–H and O–H groups in total. The number of likely N-dealkylation sites (tertiary alicyclic amines) is 1. The highest BCUT2D eigenvalue weighted by Crippen LogP contribution is 2.32. The van der Waals surface area contributed by atoms with E-state index in [1.54, 1.807) is 24.4 Å². The molecule has 2 atom stereocenters. The Bertz CT molecular complexity index is 1480. The summed E-state index contributed by atoms with van der Waals surface area (Å²) in [5.74, 6) is -0.321. The van der Waals surface area contributed by atoms with Crippen LogP contribution in [0.25, 0.3) is 11.0 Å². The Morgan fingerprint density at radius 3 is 2.65 bits per heavy atom. The van der Waals surface area contributed by atoms with Gasteiger partial charge >= 0.3 is 12.2 Å². The molecule has 0 saturated carbocycles. The smallest absolute Gasteiger partial charge is 0.329 e. The quantitative estimate of drug-likeness (QED) is 0.480. The Hall–Kier alpha value is -3.92. The first kappa shape index (κ1) is 26.2. The topological polar surface area (TPSA) is 120 Å². The number of alkyl halides is 3. The van der Waals surface area contributed by atoms with Crippen LogP contribution in [0.5, 0.6) is 0 Å². The summed E-state index contributed by atoms with van der Waals surface area (Å²) in [4.78, 5) is 22.3. The molecule has 0 aliphatic carbocycles. The highest BCUT2D eigenvalue weighted by Gasteiger charge is 2.35. The van der Waals surface area contributed by atoms with Gasteiger partial charge in [-0.1, -0.05) is 31.5 Å². The van der Waals surface area contributed by atoms with Crippen molar-refractivity contribution in [3.8, 4) is 6.07 Å². The van der Waals surface area contributed by atoms with Crippen LogP contribution >= 0.6 is 0 Å². The number of nitrogens with zero attached hydrogens (tertiary/aromatic N) is 5. The number of carbonyl (C=O) groups is 1. The fourth-order valence-electron chi connectivity index (χ4n) is 4.29. The Balaban J connectivity index is 1.64. The zero-order chi connectivity index (χ0) is 26.8. The molecule has 37 heavy (non-hydrogen) atoms. The molecule has 2 aromatic heterocycles. The molecule has 1 aliphatic rings. The van der Waals surface area contributed by atoms with Crippen molar-refractivity contribution in [3.63, 3.8) is 0 Å². The highest BCUT2D eigenvalue weighted by molar-refractivity contribution is 7.90. The second kappa shape index (κ2) is 10.2. The van der Waals surface area contributed by atoms with Crippen molar-refractivity contribution in [2.24, 2.45) is 16.8 Å². The first-order valence-corrected chi connectivity index (χ1v) is 12.8. The molecule has 1 unspecified atom stereocenters. The number of nitriles is 1. The number of aliphatic imine (C=N–C) groups is 1. The lowest BCUT2D eigenvalue weighted by Crippen LogP contribution is -2.42. The number of fused-ring (bicyclic) bond motifs is 1. The minimum absolute atomic E-state index is 0.0497. The van der Waals surface area contributed by atoms with E-state index in [-0.39, 0.29) is 46.7 Å². The number of halogens is 3. The van der Waals surface area contributed by atoms with Crippen molar-refractivity contribution in [2.45, 2.75) is 24.4 Å². The van der Waals surface area contributed by atoms with Gasteiger partial charge in [-0.2, -0.15) is 18.4 Å². The largest absolute Gasteiger partial charge is 0.405 e. The fourth-order valence-corrected chi connectivity index (χ4v) is 5.61. The van der Waals surface area contributed by atoms with Crippen LogP contribution in [0.15, 0.2) is 58.7 Å². The second-order valence-corrected chi connectivity index (χ2v) is 10.4. The molecule has 1 saturated heterocycles. The zero-order valence-corrected chi connectivity index (χ0v) is 20.5. The standard InChI is InChI=1S/C24H23F3N6O3S/c1-2-16-13-32(23(34)31-15-24(25,26)27)14-18(16)12-29-21-17(10-28)11-30-22-20(21)8-9-33(22)37(35,36)19-6-4-3-5-7-19/h3-9,11-12,16,18H,2,13-15H2,1H3,(H,31,34)/t16-,18?/m1/s1. The number of amides is 2. The number of pyridine rings is 1. The number of benzene rings is 1. The maximum atomic E-state index is 13.1. The van der Waals surface area contributed by atoms with Crippen molar-refractivity contribution >= 4 is 39.0 Å². The predicted octanol–water partition coefficient (Wildman–Crippen LogP) is 4.08. The molecule has 1 fully saturated rings. The van der Waals surface area contributed by atoms with Crippen molar-refractivity contribution in [1.29, 1.82) is 5.26 Å². The van der Waals surface area contributed by atoms with E-state index < -0.39 is 28.8 Å². The summed E-state index contributed by atoms with van der Waals surface area (Å²) >= 11 is 0. The van der Waals surface area contributed by atoms with Gasteiger partial charge in [0.05, 0.1) is 16.1 Å². The van der Waals surface area contributed by atoms with E-state index in [2.05, 4.69) is 9.98 Å². The van der Waals surface area contributed by atoms with Crippen LogP contribution in [0.3, 0.4) is 0 Å². The molecule has 1 aliphatic heterocycles. The van der Waals surface area contributed by atoms with Crippen LogP contribution < -0.4 is 5.32 Å². The minimum Gasteiger partial charge on any atom is -0.329 e. The van der Waals surface area contributed by atoms with E-state index in [0.717, 1.165) is 3.97 Å². The summed E-state index contributed by atoms with van der Waals surface area (Å²) in [5, 5.41) is 11.8. The summed E-state index contributed by atoms with van der Waals surface area (Å²) in [5.41, 5.74) is 0.454. The third-order valence-electron chi connectivity index (χ3n) is 6.21. The van der Waals surface area contributed by atoms with Crippen molar-refractivity contribution < 1.29 is 26.4 Å². The molecule has 13 heteroatoms. The zero-order valence-electron chi connectivity index (χ0n) is 19.7. The average Bonchev–Trinajstić information content (AvgIpc) is 3.50. The Morgan fingerprint density at radius 2 is 2.00 bits per heavy atom. The molecule has 0 bridgehead atoms. The van der Waals surface area contributed by atoms with Gasteiger partial charge < -0.3 is 10.2 Å². The Kier molecular flexibility index (Phi) is 7.22. The number of nitrogens with one attached hydrogen (secondary N) is 1. The van der Waals surface area contributed by atoms with Crippen molar-refractivity contribution in [1.82, 2.24) is 19.2 Å². The van der Waals surface area contributed by atoms with Crippen LogP contribution in [-0.2, 0) is 10.0 Å². The SMILES string of the molecule is CC[C@@H]1CN(C(=O)NCC(F)(F)F)CC1C=Nc1c(C#N)cnc2c1ccn2S(=O)(=O)c1ccccc1. The maximum Gasteiger partial charge on any atom is 0.405 e. The molecule has 2 amide bonds. The monoisotopic (exact) mass is 532 g/mol. The lowest BCUT2D eigenvalue weighted by atomic mass is 9.95. The number of hydrogen-bond donors (Lipinski definition) is 1. The summed E-state index contributed by atoms with van der Waals surface area (Å²) in [7, 11) is -3.95. The number of hydrogen-bond acceptors (Lipinski definition) is 6. The van der Waals surface area contributed by atoms with Crippen LogP contribution in [0.1, 0.15) is 18.9 Å². The molecule has 3 heterocycles. The Morgan fingerprint density at radius 1 is 1.27 bits per heavy atom. The predicted molar refractivity (Wildman–Crippen MR) is 130 cm³/mol. The number of aromatic nitrogens is 2. The number of carbonyl (C=O) groups excluding carboxylic acids is 1. The van der Waals surface area contributed by atoms with Gasteiger partial charge in [0, 0.05) is 43.0 Å². The van der Waals surface area contributed by atoms with Gasteiger partial charge in [-0.05, 0) is 24.1 Å². The van der Waals surface area contributed by atoms with Crippen molar-refractivity contribution in [2.75, 3.05) is 19.6 Å². The van der Waals surface area contributed by atoms with Crippen molar-refractivity contribution in [3.05, 3.63) is 54.4 Å². The summed E-state index contributed by atoms with van der Waals surface area (Å²) in [6, 6.07) is 10.6. The highest BCUT2D eigenvalue weighted by atomic mass is 32.2. The molecule has 194 valence electrons. The van der Waals surface area contributed by atoms with E-state index >= 15 is 0 Å². The number of urea groups is 1. The van der Waals surface area contributed by atoms with Gasteiger partial charge in [0.15, 0.2) is 5.65 Å². The van der Waals surface area contributed by atoms with E-state index in [9.17, 15) is 31.6 Å². The summed E-state index contributed by atoms with van der Waals surface area (Å²) < 4.78 is 64.7. The maximum absolute atomic E-state index is 13.1. The first-order chi connectivity index (χ1) is 17.5. The average molecular weight is 533 g/mol. The molecule has 9 nitrogen and oxygen atoms in total. The molecule has 1 aromatic carbocycles. The lowest BCUT2D eigenvalue weighted by molar-refractivity contribution is -0.123.